The second-order valence-corrected chi connectivity index (χ2v) is 6.57. The summed E-state index contributed by atoms with van der Waals surface area (Å²) in [6.07, 6.45) is 0. The summed E-state index contributed by atoms with van der Waals surface area (Å²) in [5.41, 5.74) is 0.702. The van der Waals surface area contributed by atoms with Crippen molar-refractivity contribution in [3.05, 3.63) is 63.2 Å². The Morgan fingerprint density at radius 2 is 2.08 bits per heavy atom. The first-order valence-corrected chi connectivity index (χ1v) is 8.08. The third kappa shape index (κ3) is 4.25. The quantitative estimate of drug-likeness (QED) is 0.488. The highest BCUT2D eigenvalue weighted by molar-refractivity contribution is 8.00. The maximum absolute atomic E-state index is 12.3. The summed E-state index contributed by atoms with van der Waals surface area (Å²) in [5.74, 6) is -0.294. The van der Waals surface area contributed by atoms with Crippen LogP contribution in [0.25, 0.3) is 0 Å². The van der Waals surface area contributed by atoms with Crippen LogP contribution in [0.4, 0.5) is 11.4 Å². The number of nitriles is 1. The minimum atomic E-state index is -0.532. The van der Waals surface area contributed by atoms with Crippen molar-refractivity contribution in [3.63, 3.8) is 0 Å². The standard InChI is InChI=1S/C16H12ClN3O3S/c1-10(16(21)19-14-5-3-2-4-11(14)9-18)24-15-7-6-12(20(22)23)8-13(15)17/h2-8,10H,1H3,(H,19,21). The van der Waals surface area contributed by atoms with Crippen LogP contribution < -0.4 is 5.32 Å². The summed E-state index contributed by atoms with van der Waals surface area (Å²) >= 11 is 7.21. The number of nitro benzene ring substituents is 1. The van der Waals surface area contributed by atoms with Gasteiger partial charge in [-0.1, -0.05) is 23.7 Å². The Morgan fingerprint density at radius 1 is 1.38 bits per heavy atom. The molecule has 0 spiro atoms. The topological polar surface area (TPSA) is 96.0 Å². The molecule has 0 aliphatic carbocycles. The Labute approximate surface area is 147 Å². The number of thioether (sulfide) groups is 1. The van der Waals surface area contributed by atoms with Gasteiger partial charge in [0.25, 0.3) is 5.69 Å². The third-order valence-corrected chi connectivity index (χ3v) is 4.71. The van der Waals surface area contributed by atoms with Crippen LogP contribution in [0.5, 0.6) is 0 Å². The van der Waals surface area contributed by atoms with Gasteiger partial charge >= 0.3 is 0 Å². The molecule has 0 bridgehead atoms. The maximum Gasteiger partial charge on any atom is 0.270 e. The van der Waals surface area contributed by atoms with Gasteiger partial charge < -0.3 is 5.32 Å². The molecule has 6 nitrogen and oxygen atoms in total. The van der Waals surface area contributed by atoms with Gasteiger partial charge in [-0.3, -0.25) is 14.9 Å². The van der Waals surface area contributed by atoms with Crippen LogP contribution in [-0.4, -0.2) is 16.1 Å². The molecule has 0 aliphatic heterocycles. The van der Waals surface area contributed by atoms with Crippen molar-refractivity contribution in [1.29, 1.82) is 5.26 Å². The lowest BCUT2D eigenvalue weighted by Gasteiger charge is -2.13. The molecule has 122 valence electrons. The second kappa shape index (κ2) is 7.81. The smallest absolute Gasteiger partial charge is 0.270 e. The summed E-state index contributed by atoms with van der Waals surface area (Å²) in [6.45, 7) is 1.69. The van der Waals surface area contributed by atoms with Crippen molar-refractivity contribution in [2.24, 2.45) is 0 Å². The average molecular weight is 362 g/mol. The van der Waals surface area contributed by atoms with Gasteiger partial charge in [0.2, 0.25) is 5.91 Å². The summed E-state index contributed by atoms with van der Waals surface area (Å²) < 4.78 is 0. The molecule has 1 atom stereocenters. The normalized spacial score (nSPS) is 11.4. The van der Waals surface area contributed by atoms with Gasteiger partial charge in [-0.25, -0.2) is 0 Å². The van der Waals surface area contributed by atoms with Crippen LogP contribution in [0.2, 0.25) is 5.02 Å². The van der Waals surface area contributed by atoms with E-state index in [1.165, 1.54) is 30.0 Å². The number of nitrogens with one attached hydrogen (secondary N) is 1. The number of amides is 1. The molecule has 0 aliphatic rings. The summed E-state index contributed by atoms with van der Waals surface area (Å²) in [6, 6.07) is 12.8. The minimum absolute atomic E-state index is 0.107. The number of carbonyl (C=O) groups is 1. The van der Waals surface area contributed by atoms with E-state index < -0.39 is 10.2 Å². The van der Waals surface area contributed by atoms with Crippen LogP contribution >= 0.6 is 23.4 Å². The van der Waals surface area contributed by atoms with Crippen molar-refractivity contribution >= 4 is 40.6 Å². The van der Waals surface area contributed by atoms with E-state index in [9.17, 15) is 14.9 Å². The van der Waals surface area contributed by atoms with E-state index in [0.29, 0.717) is 16.1 Å². The van der Waals surface area contributed by atoms with Gasteiger partial charge in [-0.2, -0.15) is 5.26 Å². The van der Waals surface area contributed by atoms with Crippen LogP contribution in [0, 0.1) is 21.4 Å². The van der Waals surface area contributed by atoms with Gasteiger partial charge in [0, 0.05) is 17.0 Å². The zero-order chi connectivity index (χ0) is 17.7. The van der Waals surface area contributed by atoms with Gasteiger partial charge in [0.1, 0.15) is 6.07 Å². The lowest BCUT2D eigenvalue weighted by Crippen LogP contribution is -2.22. The zero-order valence-electron chi connectivity index (χ0n) is 12.5. The van der Waals surface area contributed by atoms with Crippen molar-refractivity contribution in [2.75, 3.05) is 5.32 Å². The molecule has 24 heavy (non-hydrogen) atoms. The van der Waals surface area contributed by atoms with Gasteiger partial charge in [-0.15, -0.1) is 11.8 Å². The highest BCUT2D eigenvalue weighted by atomic mass is 35.5. The Balaban J connectivity index is 2.09. The summed E-state index contributed by atoms with van der Waals surface area (Å²) in [4.78, 5) is 23.0. The molecule has 8 heteroatoms. The molecule has 0 aromatic heterocycles. The number of hydrogen-bond acceptors (Lipinski definition) is 5. The molecule has 1 N–H and O–H groups in total. The van der Waals surface area contributed by atoms with Crippen molar-refractivity contribution in [1.82, 2.24) is 0 Å². The SMILES string of the molecule is CC(Sc1ccc([N+](=O)[O-])cc1Cl)C(=O)Nc1ccccc1C#N. The van der Waals surface area contributed by atoms with Crippen LogP contribution in [0.3, 0.4) is 0 Å². The van der Waals surface area contributed by atoms with Crippen LogP contribution in [0.15, 0.2) is 47.4 Å². The predicted molar refractivity (Wildman–Crippen MR) is 93.2 cm³/mol. The molecule has 2 aromatic carbocycles. The summed E-state index contributed by atoms with van der Waals surface area (Å²) in [5, 5.41) is 22.1. The lowest BCUT2D eigenvalue weighted by atomic mass is 10.2. The number of nitrogens with zero attached hydrogens (tertiary/aromatic N) is 2. The number of anilines is 1. The number of non-ortho nitro benzene ring substituents is 1. The molecular formula is C16H12ClN3O3S. The third-order valence-electron chi connectivity index (χ3n) is 3.10. The number of nitro groups is 1. The molecular weight excluding hydrogens is 350 g/mol. The maximum atomic E-state index is 12.3. The van der Waals surface area contributed by atoms with E-state index in [1.54, 1.807) is 31.2 Å². The van der Waals surface area contributed by atoms with E-state index in [0.717, 1.165) is 0 Å². The van der Waals surface area contributed by atoms with E-state index >= 15 is 0 Å². The first-order chi connectivity index (χ1) is 11.4. The molecule has 0 saturated heterocycles. The molecule has 2 aromatic rings. The largest absolute Gasteiger partial charge is 0.324 e. The van der Waals surface area contributed by atoms with E-state index in [1.807, 2.05) is 6.07 Å². The molecule has 2 rings (SSSR count). The predicted octanol–water partition coefficient (Wildman–Crippen LogP) is 4.24. The van der Waals surface area contributed by atoms with Gasteiger partial charge in [0.15, 0.2) is 0 Å². The van der Waals surface area contributed by atoms with Crippen molar-refractivity contribution in [2.45, 2.75) is 17.1 Å². The van der Waals surface area contributed by atoms with E-state index in [-0.39, 0.29) is 16.6 Å². The lowest BCUT2D eigenvalue weighted by molar-refractivity contribution is -0.384. The molecule has 0 fully saturated rings. The Kier molecular flexibility index (Phi) is 5.79. The number of rotatable bonds is 5. The Hall–Kier alpha value is -2.56. The molecule has 0 saturated carbocycles. The Bertz CT molecular complexity index is 836. The van der Waals surface area contributed by atoms with Crippen molar-refractivity contribution in [3.8, 4) is 6.07 Å². The zero-order valence-corrected chi connectivity index (χ0v) is 14.1. The fourth-order valence-corrected chi connectivity index (χ4v) is 3.04. The molecule has 0 radical (unpaired) electrons. The van der Waals surface area contributed by atoms with Gasteiger partial charge in [-0.05, 0) is 25.1 Å². The summed E-state index contributed by atoms with van der Waals surface area (Å²) in [7, 11) is 0. The number of para-hydroxylation sites is 1. The first-order valence-electron chi connectivity index (χ1n) is 6.83. The monoisotopic (exact) mass is 361 g/mol. The molecule has 1 unspecified atom stereocenters. The fraction of sp³-hybridized carbons (Fsp3) is 0.125. The fourth-order valence-electron chi connectivity index (χ4n) is 1.87. The number of carbonyl (C=O) groups excluding carboxylic acids is 1. The second-order valence-electron chi connectivity index (χ2n) is 4.78. The number of halogens is 1. The van der Waals surface area contributed by atoms with E-state index in [2.05, 4.69) is 5.32 Å². The molecule has 1 amide bonds. The average Bonchev–Trinajstić information content (AvgIpc) is 2.56. The highest BCUT2D eigenvalue weighted by Gasteiger charge is 2.18. The molecule has 0 heterocycles. The number of hydrogen-bond donors (Lipinski definition) is 1. The Morgan fingerprint density at radius 3 is 2.71 bits per heavy atom. The first kappa shape index (κ1) is 17.8. The van der Waals surface area contributed by atoms with E-state index in [4.69, 9.17) is 16.9 Å². The van der Waals surface area contributed by atoms with Crippen LogP contribution in [0.1, 0.15) is 12.5 Å². The van der Waals surface area contributed by atoms with Crippen LogP contribution in [-0.2, 0) is 4.79 Å². The van der Waals surface area contributed by atoms with Gasteiger partial charge in [0.05, 0.1) is 26.4 Å². The van der Waals surface area contributed by atoms with Crippen molar-refractivity contribution < 1.29 is 9.72 Å². The number of benzene rings is 2. The minimum Gasteiger partial charge on any atom is -0.324 e. The highest BCUT2D eigenvalue weighted by Crippen LogP contribution is 2.33.